The molecule has 0 bridgehead atoms. The van der Waals surface area contributed by atoms with E-state index >= 15 is 0 Å². The van der Waals surface area contributed by atoms with Crippen LogP contribution >= 0.6 is 7.82 Å². The molecule has 0 amide bonds. The van der Waals surface area contributed by atoms with Gasteiger partial charge >= 0.3 is 7.82 Å². The van der Waals surface area contributed by atoms with Crippen molar-refractivity contribution in [2.75, 3.05) is 38.8 Å². The molecule has 1 fully saturated rings. The van der Waals surface area contributed by atoms with Crippen LogP contribution in [0.3, 0.4) is 0 Å². The molecule has 0 spiro atoms. The number of aromatic nitrogens is 4. The Hall–Kier alpha value is -3.03. The van der Waals surface area contributed by atoms with Crippen molar-refractivity contribution >= 4 is 19.2 Å². The van der Waals surface area contributed by atoms with Crippen LogP contribution < -0.4 is 5.73 Å². The molecule has 15 nitrogen and oxygen atoms in total. The number of hydrogen-bond donors (Lipinski definition) is 4. The Kier molecular flexibility index (Phi) is 19.1. The first kappa shape index (κ1) is 45.7. The lowest BCUT2D eigenvalue weighted by Crippen LogP contribution is -2.49. The number of rotatable bonds is 29. The van der Waals surface area contributed by atoms with Crippen molar-refractivity contribution in [3.63, 3.8) is 0 Å². The number of aliphatic hydroxyl groups is 2. The number of nitrogens with zero attached hydrogens (tertiary/aromatic N) is 5. The first-order valence-electron chi connectivity index (χ1n) is 20.3. The minimum Gasteiger partial charge on any atom is -0.386 e. The number of unbranched alkanes of at least 4 members (excludes halogenated alkanes) is 15. The van der Waals surface area contributed by atoms with Gasteiger partial charge in [-0.05, 0) is 37.6 Å². The maximum atomic E-state index is 13.1. The van der Waals surface area contributed by atoms with Gasteiger partial charge < -0.3 is 35.1 Å². The molecule has 5 N–H and O–H groups in total. The van der Waals surface area contributed by atoms with Gasteiger partial charge in [0.2, 0.25) is 0 Å². The second-order valence-corrected chi connectivity index (χ2v) is 16.5. The van der Waals surface area contributed by atoms with Crippen LogP contribution in [-0.2, 0) is 40.0 Å². The zero-order valence-electron chi connectivity index (χ0n) is 33.2. The highest BCUT2D eigenvalue weighted by Gasteiger charge is 2.58. The van der Waals surface area contributed by atoms with Crippen molar-refractivity contribution < 1.29 is 42.9 Å². The molecule has 0 radical (unpaired) electrons. The third kappa shape index (κ3) is 14.1. The number of fused-ring (bicyclic) bond motifs is 1. The number of anilines is 1. The van der Waals surface area contributed by atoms with E-state index in [0.717, 1.165) is 19.3 Å². The standard InChI is InChI=1S/C40H63N6O9P/c1-3-4-5-6-7-8-9-10-11-12-13-14-15-16-17-18-23-51-27-34(52-26-33-20-19-32(24-41)25-43-33)28-54-56(49,50)55-29-39(2)38(47)40(48,30-53-39)36-22-21-35-37(42)44-31-45-46(35)36/h19-22,25,31,34,38,47-48H,3-18,23,26-30H2,1-2H3,(H,49,50)(H2,42,44,45)/t34-,38+,39+,40-/m0/s1. The molecule has 0 aromatic carbocycles. The summed E-state index contributed by atoms with van der Waals surface area (Å²) in [7, 11) is -4.70. The number of ether oxygens (including phenoxy) is 3. The molecule has 3 aromatic rings. The maximum absolute atomic E-state index is 13.1. The molecule has 56 heavy (non-hydrogen) atoms. The third-order valence-electron chi connectivity index (χ3n) is 10.4. The van der Waals surface area contributed by atoms with Gasteiger partial charge in [0, 0.05) is 12.8 Å². The summed E-state index contributed by atoms with van der Waals surface area (Å²) in [6.45, 7) is 3.10. The lowest BCUT2D eigenvalue weighted by atomic mass is 9.86. The first-order chi connectivity index (χ1) is 27.0. The average molecular weight is 803 g/mol. The molecule has 312 valence electrons. The first-order valence-corrected chi connectivity index (χ1v) is 21.8. The molecule has 1 aliphatic heterocycles. The molecule has 3 aromatic heterocycles. The maximum Gasteiger partial charge on any atom is 0.472 e. The molecule has 1 saturated heterocycles. The summed E-state index contributed by atoms with van der Waals surface area (Å²) in [5.41, 5.74) is 4.01. The van der Waals surface area contributed by atoms with Crippen molar-refractivity contribution in [2.45, 2.75) is 147 Å². The Labute approximate surface area is 331 Å². The van der Waals surface area contributed by atoms with Crippen molar-refractivity contribution in [1.82, 2.24) is 19.6 Å². The minimum absolute atomic E-state index is 0.0560. The van der Waals surface area contributed by atoms with Gasteiger partial charge in [0.15, 0.2) is 11.4 Å². The summed E-state index contributed by atoms with van der Waals surface area (Å²) in [6.07, 6.45) is 20.8. The van der Waals surface area contributed by atoms with Crippen molar-refractivity contribution in [3.8, 4) is 6.07 Å². The van der Waals surface area contributed by atoms with Crippen molar-refractivity contribution in [1.29, 1.82) is 5.26 Å². The van der Waals surface area contributed by atoms with Crippen LogP contribution in [0.1, 0.15) is 134 Å². The highest BCUT2D eigenvalue weighted by atomic mass is 31.2. The van der Waals surface area contributed by atoms with E-state index in [1.807, 2.05) is 6.07 Å². The second-order valence-electron chi connectivity index (χ2n) is 15.1. The summed E-state index contributed by atoms with van der Waals surface area (Å²) >= 11 is 0. The number of phosphoric ester groups is 1. The normalized spacial score (nSPS) is 21.3. The Morgan fingerprint density at radius 1 is 0.964 bits per heavy atom. The van der Waals surface area contributed by atoms with Crippen LogP contribution in [-0.4, -0.2) is 85.5 Å². The lowest BCUT2D eigenvalue weighted by Gasteiger charge is -2.32. The van der Waals surface area contributed by atoms with Gasteiger partial charge in [0.25, 0.3) is 0 Å². The van der Waals surface area contributed by atoms with E-state index in [1.54, 1.807) is 24.3 Å². The molecule has 0 saturated carbocycles. The van der Waals surface area contributed by atoms with Gasteiger partial charge in [-0.25, -0.2) is 14.1 Å². The van der Waals surface area contributed by atoms with Crippen LogP contribution in [0.5, 0.6) is 0 Å². The summed E-state index contributed by atoms with van der Waals surface area (Å²) < 4.78 is 42.6. The molecule has 1 aliphatic rings. The van der Waals surface area contributed by atoms with E-state index in [0.29, 0.717) is 23.4 Å². The Morgan fingerprint density at radius 2 is 1.61 bits per heavy atom. The predicted octanol–water partition coefficient (Wildman–Crippen LogP) is 6.91. The summed E-state index contributed by atoms with van der Waals surface area (Å²) in [6, 6.07) is 8.48. The van der Waals surface area contributed by atoms with Gasteiger partial charge in [-0.1, -0.05) is 103 Å². The fourth-order valence-corrected chi connectivity index (χ4v) is 7.72. The number of hydrogen-bond acceptors (Lipinski definition) is 13. The monoisotopic (exact) mass is 802 g/mol. The molecule has 16 heteroatoms. The van der Waals surface area contributed by atoms with E-state index in [1.165, 1.54) is 107 Å². The second kappa shape index (κ2) is 23.4. The number of aliphatic hydroxyl groups excluding tert-OH is 1. The number of nitrogen functional groups attached to an aromatic ring is 1. The quantitative estimate of drug-likeness (QED) is 0.0414. The smallest absolute Gasteiger partial charge is 0.386 e. The van der Waals surface area contributed by atoms with Crippen LogP contribution in [0.25, 0.3) is 5.52 Å². The predicted molar refractivity (Wildman–Crippen MR) is 211 cm³/mol. The number of phosphoric acid groups is 1. The molecule has 4 heterocycles. The Balaban J connectivity index is 1.16. The topological polar surface area (TPSA) is 217 Å². The summed E-state index contributed by atoms with van der Waals surface area (Å²) in [5.74, 6) is 0.189. The third-order valence-corrected chi connectivity index (χ3v) is 11.3. The molecule has 1 unspecified atom stereocenters. The number of pyridine rings is 1. The van der Waals surface area contributed by atoms with Gasteiger partial charge in [0.05, 0.1) is 50.0 Å². The fourth-order valence-electron chi connectivity index (χ4n) is 6.87. The number of nitrogens with two attached hydrogens (primary N) is 1. The van der Waals surface area contributed by atoms with Crippen molar-refractivity contribution in [2.24, 2.45) is 0 Å². The Morgan fingerprint density at radius 3 is 2.21 bits per heavy atom. The average Bonchev–Trinajstić information content (AvgIpc) is 3.74. The molecular weight excluding hydrogens is 739 g/mol. The minimum atomic E-state index is -4.70. The molecule has 0 aliphatic carbocycles. The van der Waals surface area contributed by atoms with E-state index in [4.69, 9.17) is 34.3 Å². The van der Waals surface area contributed by atoms with Gasteiger partial charge in [-0.3, -0.25) is 14.0 Å². The zero-order valence-corrected chi connectivity index (χ0v) is 34.1. The van der Waals surface area contributed by atoms with Crippen LogP contribution in [0.2, 0.25) is 0 Å². The highest BCUT2D eigenvalue weighted by molar-refractivity contribution is 7.47. The number of nitriles is 1. The largest absolute Gasteiger partial charge is 0.472 e. The SMILES string of the molecule is CCCCCCCCCCCCCCCCCCOC[C@@H](COP(=O)(O)OC[C@@]1(C)OC[C@](O)(c2ccc3c(N)ncnn23)[C@@H]1O)OCc1ccc(C#N)cn1. The van der Waals surface area contributed by atoms with Gasteiger partial charge in [-0.15, -0.1) is 0 Å². The molecular formula is C40H63N6O9P. The summed E-state index contributed by atoms with van der Waals surface area (Å²) in [5, 5.41) is 36.0. The van der Waals surface area contributed by atoms with Crippen LogP contribution in [0.4, 0.5) is 5.82 Å². The lowest BCUT2D eigenvalue weighted by molar-refractivity contribution is -0.101. The van der Waals surface area contributed by atoms with E-state index in [2.05, 4.69) is 22.0 Å². The van der Waals surface area contributed by atoms with E-state index in [-0.39, 0.29) is 37.9 Å². The molecule has 4 rings (SSSR count). The van der Waals surface area contributed by atoms with Crippen LogP contribution in [0.15, 0.2) is 36.8 Å². The fraction of sp³-hybridized carbons (Fsp3) is 0.700. The van der Waals surface area contributed by atoms with Crippen molar-refractivity contribution in [3.05, 3.63) is 53.7 Å². The Bertz CT molecular complexity index is 1670. The van der Waals surface area contributed by atoms with Crippen LogP contribution in [0, 0.1) is 11.3 Å². The van der Waals surface area contributed by atoms with Gasteiger partial charge in [0.1, 0.15) is 35.7 Å². The summed E-state index contributed by atoms with van der Waals surface area (Å²) in [4.78, 5) is 18.8. The molecule has 5 atom stereocenters. The van der Waals surface area contributed by atoms with E-state index < -0.39 is 37.8 Å². The van der Waals surface area contributed by atoms with E-state index in [9.17, 15) is 19.7 Å². The zero-order chi connectivity index (χ0) is 40.3. The highest BCUT2D eigenvalue weighted by Crippen LogP contribution is 2.47. The van der Waals surface area contributed by atoms with Gasteiger partial charge in [-0.2, -0.15) is 10.4 Å².